The van der Waals surface area contributed by atoms with E-state index in [2.05, 4.69) is 243 Å². The summed E-state index contributed by atoms with van der Waals surface area (Å²) in [6.45, 7) is 0. The van der Waals surface area contributed by atoms with E-state index in [0.29, 0.717) is 0 Å². The number of hydrogen-bond donors (Lipinski definition) is 0. The van der Waals surface area contributed by atoms with E-state index in [0.717, 1.165) is 0 Å². The Morgan fingerprint density at radius 3 is 1.13 bits per heavy atom. The van der Waals surface area contributed by atoms with Gasteiger partial charge in [0.25, 0.3) is 0 Å². The molecule has 11 rings (SSSR count). The van der Waals surface area contributed by atoms with Gasteiger partial charge in [0, 0.05) is 0 Å². The first-order chi connectivity index (χ1) is 29.8. The van der Waals surface area contributed by atoms with Crippen LogP contribution in [0.4, 0.5) is 0 Å². The standard InChI is InChI=1S/C60H40/c1-3-16-41(17-4-1)42-30-32-46(33-31-42)53-39-38-48(52-24-10-9-23-50(52)44-34-36-45(37-35-44)51-29-15-21-43-18-7-8-22-49(43)51)40-58(53)60-56-27-13-11-25-54(56)59(47-19-5-2-6-20-47)55-26-12-14-28-57(55)60/h1-40H. The zero-order valence-corrected chi connectivity index (χ0v) is 33.1. The van der Waals surface area contributed by atoms with Gasteiger partial charge >= 0.3 is 0 Å². The zero-order valence-electron chi connectivity index (χ0n) is 33.1. The second-order valence-corrected chi connectivity index (χ2v) is 15.6. The summed E-state index contributed by atoms with van der Waals surface area (Å²) in [4.78, 5) is 0. The SMILES string of the molecule is c1ccc(-c2ccc(-c3ccc(-c4ccccc4-c4ccc(-c5cccc6ccccc56)cc4)cc3-c3c4ccccc4c(-c4ccccc4)c4ccccc34)cc2)cc1. The Bertz CT molecular complexity index is 3260. The highest BCUT2D eigenvalue weighted by molar-refractivity contribution is 6.22. The molecule has 0 aliphatic carbocycles. The summed E-state index contributed by atoms with van der Waals surface area (Å²) in [6.07, 6.45) is 0. The quantitative estimate of drug-likeness (QED) is 0.142. The van der Waals surface area contributed by atoms with Crippen LogP contribution in [0.3, 0.4) is 0 Å². The zero-order chi connectivity index (χ0) is 39.8. The third kappa shape index (κ3) is 6.27. The monoisotopic (exact) mass is 760 g/mol. The summed E-state index contributed by atoms with van der Waals surface area (Å²) < 4.78 is 0. The van der Waals surface area contributed by atoms with Gasteiger partial charge in [-0.05, 0) is 116 Å². The van der Waals surface area contributed by atoms with Crippen LogP contribution in [-0.2, 0) is 0 Å². The Balaban J connectivity index is 1.11. The third-order valence-electron chi connectivity index (χ3n) is 12.1. The average Bonchev–Trinajstić information content (AvgIpc) is 3.33. The van der Waals surface area contributed by atoms with Crippen LogP contribution < -0.4 is 0 Å². The topological polar surface area (TPSA) is 0 Å². The van der Waals surface area contributed by atoms with Crippen LogP contribution in [0.25, 0.3) is 110 Å². The Morgan fingerprint density at radius 2 is 0.533 bits per heavy atom. The van der Waals surface area contributed by atoms with Crippen LogP contribution in [0, 0.1) is 0 Å². The third-order valence-corrected chi connectivity index (χ3v) is 12.1. The van der Waals surface area contributed by atoms with Crippen LogP contribution in [0.2, 0.25) is 0 Å². The molecule has 0 spiro atoms. The second kappa shape index (κ2) is 15.2. The Labute approximate surface area is 351 Å². The van der Waals surface area contributed by atoms with Gasteiger partial charge in [0.2, 0.25) is 0 Å². The van der Waals surface area contributed by atoms with E-state index in [1.165, 1.54) is 110 Å². The molecule has 0 fully saturated rings. The van der Waals surface area contributed by atoms with Crippen molar-refractivity contribution in [3.8, 4) is 77.9 Å². The maximum Gasteiger partial charge on any atom is -0.00199 e. The molecule has 0 N–H and O–H groups in total. The molecule has 0 aliphatic heterocycles. The van der Waals surface area contributed by atoms with Crippen molar-refractivity contribution in [2.24, 2.45) is 0 Å². The minimum Gasteiger partial charge on any atom is -0.0622 e. The van der Waals surface area contributed by atoms with Gasteiger partial charge in [0.05, 0.1) is 0 Å². The van der Waals surface area contributed by atoms with E-state index in [4.69, 9.17) is 0 Å². The van der Waals surface area contributed by atoms with E-state index in [-0.39, 0.29) is 0 Å². The fourth-order valence-corrected chi connectivity index (χ4v) is 9.27. The lowest BCUT2D eigenvalue weighted by atomic mass is 9.82. The van der Waals surface area contributed by atoms with Gasteiger partial charge in [-0.3, -0.25) is 0 Å². The van der Waals surface area contributed by atoms with Crippen molar-refractivity contribution < 1.29 is 0 Å². The molecule has 0 aromatic heterocycles. The Kier molecular flexibility index (Phi) is 8.95. The highest BCUT2D eigenvalue weighted by Gasteiger charge is 2.20. The molecule has 0 unspecified atom stereocenters. The number of benzene rings is 11. The van der Waals surface area contributed by atoms with Gasteiger partial charge in [-0.15, -0.1) is 0 Å². The maximum absolute atomic E-state index is 2.44. The Morgan fingerprint density at radius 1 is 0.167 bits per heavy atom. The van der Waals surface area contributed by atoms with E-state index < -0.39 is 0 Å². The largest absolute Gasteiger partial charge is 0.0622 e. The minimum absolute atomic E-state index is 1.18. The molecule has 0 aliphatic rings. The van der Waals surface area contributed by atoms with Gasteiger partial charge < -0.3 is 0 Å². The average molecular weight is 761 g/mol. The Hall–Kier alpha value is -7.80. The summed E-state index contributed by atoms with van der Waals surface area (Å²) in [7, 11) is 0. The lowest BCUT2D eigenvalue weighted by Crippen LogP contribution is -1.94. The first-order valence-corrected chi connectivity index (χ1v) is 20.8. The fourth-order valence-electron chi connectivity index (χ4n) is 9.27. The van der Waals surface area contributed by atoms with Crippen molar-refractivity contribution in [2.45, 2.75) is 0 Å². The normalized spacial score (nSPS) is 11.3. The molecule has 0 heterocycles. The molecule has 11 aromatic carbocycles. The molecular weight excluding hydrogens is 721 g/mol. The predicted octanol–water partition coefficient (Wildman–Crippen LogP) is 16.8. The molecular formula is C60H40. The van der Waals surface area contributed by atoms with Gasteiger partial charge in [-0.1, -0.05) is 237 Å². The van der Waals surface area contributed by atoms with Crippen LogP contribution in [0.1, 0.15) is 0 Å². The summed E-state index contributed by atoms with van der Waals surface area (Å²) in [5.74, 6) is 0. The van der Waals surface area contributed by atoms with E-state index in [1.54, 1.807) is 0 Å². The van der Waals surface area contributed by atoms with Gasteiger partial charge in [0.1, 0.15) is 0 Å². The van der Waals surface area contributed by atoms with Crippen molar-refractivity contribution in [3.63, 3.8) is 0 Å². The lowest BCUT2D eigenvalue weighted by Gasteiger charge is -2.21. The summed E-state index contributed by atoms with van der Waals surface area (Å²) in [5, 5.41) is 7.51. The summed E-state index contributed by atoms with van der Waals surface area (Å²) >= 11 is 0. The molecule has 0 saturated heterocycles. The van der Waals surface area contributed by atoms with Gasteiger partial charge in [-0.25, -0.2) is 0 Å². The number of rotatable bonds is 7. The van der Waals surface area contributed by atoms with Crippen LogP contribution in [-0.4, -0.2) is 0 Å². The highest BCUT2D eigenvalue weighted by atomic mass is 14.2. The minimum atomic E-state index is 1.18. The number of hydrogen-bond acceptors (Lipinski definition) is 0. The molecule has 280 valence electrons. The molecule has 0 bridgehead atoms. The van der Waals surface area contributed by atoms with E-state index in [9.17, 15) is 0 Å². The van der Waals surface area contributed by atoms with E-state index >= 15 is 0 Å². The molecule has 11 aromatic rings. The van der Waals surface area contributed by atoms with Crippen LogP contribution in [0.5, 0.6) is 0 Å². The summed E-state index contributed by atoms with van der Waals surface area (Å²) in [5.41, 5.74) is 17.0. The molecule has 0 radical (unpaired) electrons. The van der Waals surface area contributed by atoms with Crippen molar-refractivity contribution in [2.75, 3.05) is 0 Å². The van der Waals surface area contributed by atoms with Crippen molar-refractivity contribution in [3.05, 3.63) is 243 Å². The first-order valence-electron chi connectivity index (χ1n) is 20.8. The summed E-state index contributed by atoms with van der Waals surface area (Å²) in [6, 6.07) is 88.8. The fraction of sp³-hybridized carbons (Fsp3) is 0. The molecule has 0 nitrogen and oxygen atoms in total. The molecule has 0 atom stereocenters. The first kappa shape index (κ1) is 35.4. The molecule has 60 heavy (non-hydrogen) atoms. The highest BCUT2D eigenvalue weighted by Crippen LogP contribution is 2.48. The molecule has 0 heteroatoms. The molecule has 0 amide bonds. The van der Waals surface area contributed by atoms with Crippen molar-refractivity contribution in [1.29, 1.82) is 0 Å². The van der Waals surface area contributed by atoms with Crippen LogP contribution >= 0.6 is 0 Å². The van der Waals surface area contributed by atoms with E-state index in [1.807, 2.05) is 0 Å². The molecule has 0 saturated carbocycles. The maximum atomic E-state index is 2.44. The smallest absolute Gasteiger partial charge is 0.00199 e. The second-order valence-electron chi connectivity index (χ2n) is 15.6. The van der Waals surface area contributed by atoms with Crippen molar-refractivity contribution >= 4 is 32.3 Å². The van der Waals surface area contributed by atoms with Crippen LogP contribution in [0.15, 0.2) is 243 Å². The number of fused-ring (bicyclic) bond motifs is 3. The van der Waals surface area contributed by atoms with Gasteiger partial charge in [-0.2, -0.15) is 0 Å². The lowest BCUT2D eigenvalue weighted by molar-refractivity contribution is 1.56. The predicted molar refractivity (Wildman–Crippen MR) is 257 cm³/mol. The van der Waals surface area contributed by atoms with Crippen molar-refractivity contribution in [1.82, 2.24) is 0 Å². The van der Waals surface area contributed by atoms with Gasteiger partial charge in [0.15, 0.2) is 0 Å².